The lowest BCUT2D eigenvalue weighted by Gasteiger charge is -2.09. The van der Waals surface area contributed by atoms with Gasteiger partial charge in [-0.1, -0.05) is 11.6 Å². The number of methoxy groups -OCH3 is 1. The number of rotatable bonds is 5. The normalized spacial score (nSPS) is 12.2. The minimum Gasteiger partial charge on any atom is -0.469 e. The van der Waals surface area contributed by atoms with Crippen molar-refractivity contribution in [1.29, 1.82) is 0 Å². The SMILES string of the molecule is COC(=O)CC(O)CNc1ccc(Cl)s1. The van der Waals surface area contributed by atoms with Gasteiger partial charge >= 0.3 is 5.97 Å². The average Bonchev–Trinajstić information content (AvgIpc) is 2.61. The molecule has 0 aromatic carbocycles. The minimum absolute atomic E-state index is 0.0113. The van der Waals surface area contributed by atoms with Gasteiger partial charge in [0.05, 0.1) is 29.0 Å². The summed E-state index contributed by atoms with van der Waals surface area (Å²) in [4.78, 5) is 10.8. The van der Waals surface area contributed by atoms with E-state index in [9.17, 15) is 9.90 Å². The summed E-state index contributed by atoms with van der Waals surface area (Å²) in [5.74, 6) is -0.423. The van der Waals surface area contributed by atoms with E-state index in [4.69, 9.17) is 11.6 Å². The zero-order valence-electron chi connectivity index (χ0n) is 8.20. The van der Waals surface area contributed by atoms with E-state index in [0.29, 0.717) is 10.9 Å². The van der Waals surface area contributed by atoms with Crippen molar-refractivity contribution < 1.29 is 14.6 Å². The van der Waals surface area contributed by atoms with Crippen LogP contribution in [0.5, 0.6) is 0 Å². The van der Waals surface area contributed by atoms with Crippen LogP contribution in [0.4, 0.5) is 5.00 Å². The molecule has 0 aliphatic heterocycles. The molecule has 1 atom stereocenters. The first-order valence-corrected chi connectivity index (χ1v) is 5.55. The Morgan fingerprint density at radius 3 is 3.00 bits per heavy atom. The number of hydrogen-bond acceptors (Lipinski definition) is 5. The fourth-order valence-electron chi connectivity index (χ4n) is 0.976. The maximum absolute atomic E-state index is 10.8. The Hall–Kier alpha value is -0.780. The van der Waals surface area contributed by atoms with Crippen LogP contribution in [-0.4, -0.2) is 30.8 Å². The number of aliphatic hydroxyl groups excluding tert-OH is 1. The molecule has 15 heavy (non-hydrogen) atoms. The standard InChI is InChI=1S/C9H12ClNO3S/c1-14-9(13)4-6(12)5-11-8-3-2-7(10)15-8/h2-3,6,11-12H,4-5H2,1H3. The number of halogens is 1. The molecule has 0 saturated heterocycles. The summed E-state index contributed by atoms with van der Waals surface area (Å²) in [6.07, 6.45) is -0.763. The molecular weight excluding hydrogens is 238 g/mol. The summed E-state index contributed by atoms with van der Waals surface area (Å²) in [5.41, 5.74) is 0. The molecule has 1 aromatic rings. The molecule has 0 aliphatic carbocycles. The second-order valence-electron chi connectivity index (χ2n) is 2.92. The first kappa shape index (κ1) is 12.3. The fourth-order valence-corrected chi connectivity index (χ4v) is 1.93. The quantitative estimate of drug-likeness (QED) is 0.781. The molecule has 2 N–H and O–H groups in total. The predicted octanol–water partition coefficient (Wildman–Crippen LogP) is 1.74. The summed E-state index contributed by atoms with van der Waals surface area (Å²) >= 11 is 7.11. The number of aliphatic hydroxyl groups is 1. The lowest BCUT2D eigenvalue weighted by molar-refractivity contribution is -0.142. The Kier molecular flexibility index (Phi) is 4.87. The van der Waals surface area contributed by atoms with Crippen molar-refractivity contribution in [2.45, 2.75) is 12.5 Å². The molecule has 1 aromatic heterocycles. The second kappa shape index (κ2) is 5.95. The van der Waals surface area contributed by atoms with Gasteiger partial charge in [0.15, 0.2) is 0 Å². The van der Waals surface area contributed by atoms with Crippen molar-refractivity contribution in [1.82, 2.24) is 0 Å². The number of ether oxygens (including phenoxy) is 1. The molecule has 1 rings (SSSR count). The molecule has 0 saturated carbocycles. The highest BCUT2D eigenvalue weighted by atomic mass is 35.5. The van der Waals surface area contributed by atoms with Crippen LogP contribution < -0.4 is 5.32 Å². The second-order valence-corrected chi connectivity index (χ2v) is 4.63. The van der Waals surface area contributed by atoms with Gasteiger partial charge in [-0.15, -0.1) is 11.3 Å². The summed E-state index contributed by atoms with van der Waals surface area (Å²) in [7, 11) is 1.29. The highest BCUT2D eigenvalue weighted by Crippen LogP contribution is 2.25. The Bertz CT molecular complexity index is 329. The van der Waals surface area contributed by atoms with Gasteiger partial charge in [0.25, 0.3) is 0 Å². The third-order valence-electron chi connectivity index (χ3n) is 1.72. The van der Waals surface area contributed by atoms with Crippen molar-refractivity contribution in [2.75, 3.05) is 19.0 Å². The highest BCUT2D eigenvalue weighted by Gasteiger charge is 2.10. The number of anilines is 1. The van der Waals surface area contributed by atoms with Crippen LogP contribution >= 0.6 is 22.9 Å². The van der Waals surface area contributed by atoms with Gasteiger partial charge in [-0.2, -0.15) is 0 Å². The van der Waals surface area contributed by atoms with Gasteiger partial charge < -0.3 is 15.2 Å². The average molecular weight is 250 g/mol. The number of hydrogen-bond donors (Lipinski definition) is 2. The molecule has 6 heteroatoms. The molecule has 0 bridgehead atoms. The van der Waals surface area contributed by atoms with Gasteiger partial charge in [0.1, 0.15) is 0 Å². The van der Waals surface area contributed by atoms with Crippen molar-refractivity contribution in [3.05, 3.63) is 16.5 Å². The smallest absolute Gasteiger partial charge is 0.308 e. The van der Waals surface area contributed by atoms with Gasteiger partial charge in [0.2, 0.25) is 0 Å². The lowest BCUT2D eigenvalue weighted by atomic mass is 10.2. The van der Waals surface area contributed by atoms with Crippen LogP contribution in [0, 0.1) is 0 Å². The topological polar surface area (TPSA) is 58.6 Å². The Labute approximate surface area is 96.8 Å². The maximum Gasteiger partial charge on any atom is 0.308 e. The van der Waals surface area contributed by atoms with E-state index < -0.39 is 12.1 Å². The van der Waals surface area contributed by atoms with E-state index in [1.54, 1.807) is 6.07 Å². The largest absolute Gasteiger partial charge is 0.469 e. The van der Waals surface area contributed by atoms with Crippen molar-refractivity contribution in [3.63, 3.8) is 0 Å². The number of nitrogens with one attached hydrogen (secondary N) is 1. The van der Waals surface area contributed by atoms with E-state index in [1.807, 2.05) is 6.07 Å². The van der Waals surface area contributed by atoms with Crippen LogP contribution in [0.2, 0.25) is 4.34 Å². The van der Waals surface area contributed by atoms with Crippen molar-refractivity contribution in [3.8, 4) is 0 Å². The number of carbonyl (C=O) groups is 1. The molecule has 0 aliphatic rings. The predicted molar refractivity (Wildman–Crippen MR) is 60.5 cm³/mol. The molecule has 0 amide bonds. The van der Waals surface area contributed by atoms with Crippen molar-refractivity contribution >= 4 is 33.9 Å². The van der Waals surface area contributed by atoms with Crippen LogP contribution in [-0.2, 0) is 9.53 Å². The number of esters is 1. The fraction of sp³-hybridized carbons (Fsp3) is 0.444. The first-order valence-electron chi connectivity index (χ1n) is 4.36. The highest BCUT2D eigenvalue weighted by molar-refractivity contribution is 7.19. The minimum atomic E-state index is -0.752. The van der Waals surface area contributed by atoms with Gasteiger partial charge in [-0.05, 0) is 12.1 Å². The van der Waals surface area contributed by atoms with Crippen LogP contribution in [0.3, 0.4) is 0 Å². The Balaban J connectivity index is 2.28. The van der Waals surface area contributed by atoms with E-state index >= 15 is 0 Å². The first-order chi connectivity index (χ1) is 7.11. The van der Waals surface area contributed by atoms with Crippen LogP contribution in [0.25, 0.3) is 0 Å². The van der Waals surface area contributed by atoms with Gasteiger partial charge in [0, 0.05) is 6.54 Å². The summed E-state index contributed by atoms with van der Waals surface area (Å²) < 4.78 is 5.11. The zero-order chi connectivity index (χ0) is 11.3. The van der Waals surface area contributed by atoms with Crippen LogP contribution in [0.15, 0.2) is 12.1 Å². The molecule has 4 nitrogen and oxygen atoms in total. The molecule has 1 heterocycles. The zero-order valence-corrected chi connectivity index (χ0v) is 9.77. The number of carbonyl (C=O) groups excluding carboxylic acids is 1. The lowest BCUT2D eigenvalue weighted by Crippen LogP contribution is -2.23. The number of thiophene rings is 1. The van der Waals surface area contributed by atoms with E-state index in [-0.39, 0.29) is 6.42 Å². The summed E-state index contributed by atoms with van der Waals surface area (Å²) in [6.45, 7) is 0.298. The molecule has 0 fully saturated rings. The Morgan fingerprint density at radius 1 is 1.73 bits per heavy atom. The molecular formula is C9H12ClNO3S. The summed E-state index contributed by atoms with van der Waals surface area (Å²) in [5, 5.41) is 13.3. The Morgan fingerprint density at radius 2 is 2.47 bits per heavy atom. The molecule has 0 spiro atoms. The van der Waals surface area contributed by atoms with E-state index in [0.717, 1.165) is 5.00 Å². The van der Waals surface area contributed by atoms with Crippen LogP contribution in [0.1, 0.15) is 6.42 Å². The summed E-state index contributed by atoms with van der Waals surface area (Å²) in [6, 6.07) is 3.58. The van der Waals surface area contributed by atoms with Gasteiger partial charge in [-0.25, -0.2) is 0 Å². The monoisotopic (exact) mass is 249 g/mol. The van der Waals surface area contributed by atoms with E-state index in [1.165, 1.54) is 18.4 Å². The van der Waals surface area contributed by atoms with Gasteiger partial charge in [-0.3, -0.25) is 4.79 Å². The third-order valence-corrected chi connectivity index (χ3v) is 2.90. The third kappa shape index (κ3) is 4.51. The maximum atomic E-state index is 10.8. The molecule has 0 radical (unpaired) electrons. The van der Waals surface area contributed by atoms with Crippen molar-refractivity contribution in [2.24, 2.45) is 0 Å². The molecule has 84 valence electrons. The molecule has 1 unspecified atom stereocenters. The van der Waals surface area contributed by atoms with E-state index in [2.05, 4.69) is 10.1 Å².